The van der Waals surface area contributed by atoms with Crippen LogP contribution in [0.1, 0.15) is 20.8 Å². The first-order valence-electron chi connectivity index (χ1n) is 6.40. The normalized spacial score (nSPS) is 10.9. The lowest BCUT2D eigenvalue weighted by atomic mass is 10.1. The molecule has 20 heavy (non-hydrogen) atoms. The van der Waals surface area contributed by atoms with Crippen molar-refractivity contribution in [1.29, 1.82) is 0 Å². The molecule has 0 aliphatic heterocycles. The van der Waals surface area contributed by atoms with Crippen LogP contribution in [0.25, 0.3) is 10.1 Å². The summed E-state index contributed by atoms with van der Waals surface area (Å²) in [7, 11) is 0. The van der Waals surface area contributed by atoms with E-state index in [4.69, 9.17) is 11.6 Å². The maximum atomic E-state index is 12.4. The molecule has 0 N–H and O–H groups in total. The number of thiophene rings is 1. The van der Waals surface area contributed by atoms with Crippen molar-refractivity contribution in [2.45, 2.75) is 13.3 Å². The van der Waals surface area contributed by atoms with Gasteiger partial charge in [-0.2, -0.15) is 0 Å². The minimum absolute atomic E-state index is 0.122. The highest BCUT2D eigenvalue weighted by molar-refractivity contribution is 7.20. The van der Waals surface area contributed by atoms with Crippen LogP contribution in [-0.2, 0) is 6.42 Å². The smallest absolute Gasteiger partial charge is 0.177 e. The first-order valence-corrected chi connectivity index (χ1v) is 7.60. The van der Waals surface area contributed by atoms with Crippen molar-refractivity contribution in [3.05, 3.63) is 69.6 Å². The molecular formula is C17H13ClOS. The van der Waals surface area contributed by atoms with Crippen molar-refractivity contribution in [2.24, 2.45) is 0 Å². The SMILES string of the molecule is Cc1ccc(CC(=O)c2cc3ccccc3s2)c(Cl)c1. The fourth-order valence-electron chi connectivity index (χ4n) is 2.18. The molecule has 0 unspecified atom stereocenters. The summed E-state index contributed by atoms with van der Waals surface area (Å²) in [6.07, 6.45) is 0.353. The molecule has 0 saturated carbocycles. The Morgan fingerprint density at radius 2 is 1.95 bits per heavy atom. The Morgan fingerprint density at radius 3 is 2.70 bits per heavy atom. The molecule has 1 aromatic heterocycles. The molecule has 0 radical (unpaired) electrons. The standard InChI is InChI=1S/C17H13ClOS/c1-11-6-7-12(14(18)8-11)9-15(19)17-10-13-4-2-3-5-16(13)20-17/h2-8,10H,9H2,1H3. The van der Waals surface area contributed by atoms with Crippen LogP contribution >= 0.6 is 22.9 Å². The van der Waals surface area contributed by atoms with Gasteiger partial charge in [-0.15, -0.1) is 11.3 Å². The monoisotopic (exact) mass is 300 g/mol. The van der Waals surface area contributed by atoms with Crippen molar-refractivity contribution in [3.63, 3.8) is 0 Å². The third kappa shape index (κ3) is 2.62. The second kappa shape index (κ2) is 5.39. The first-order chi connectivity index (χ1) is 9.63. The molecule has 0 amide bonds. The Hall–Kier alpha value is -1.64. The lowest BCUT2D eigenvalue weighted by Gasteiger charge is -2.03. The highest BCUT2D eigenvalue weighted by Gasteiger charge is 2.12. The molecule has 0 aliphatic carbocycles. The maximum Gasteiger partial charge on any atom is 0.177 e. The van der Waals surface area contributed by atoms with Gasteiger partial charge >= 0.3 is 0 Å². The highest BCUT2D eigenvalue weighted by Crippen LogP contribution is 2.27. The number of carbonyl (C=O) groups is 1. The summed E-state index contributed by atoms with van der Waals surface area (Å²) >= 11 is 7.73. The number of aryl methyl sites for hydroxylation is 1. The van der Waals surface area contributed by atoms with Gasteiger partial charge in [0.05, 0.1) is 4.88 Å². The predicted octanol–water partition coefficient (Wildman–Crippen LogP) is 5.29. The molecule has 2 aromatic carbocycles. The van der Waals surface area contributed by atoms with Crippen LogP contribution in [-0.4, -0.2) is 5.78 Å². The Morgan fingerprint density at radius 1 is 1.15 bits per heavy atom. The minimum Gasteiger partial charge on any atom is -0.293 e. The molecular weight excluding hydrogens is 288 g/mol. The zero-order valence-electron chi connectivity index (χ0n) is 11.0. The van der Waals surface area contributed by atoms with Gasteiger partial charge in [-0.3, -0.25) is 4.79 Å². The minimum atomic E-state index is 0.122. The fourth-order valence-corrected chi connectivity index (χ4v) is 3.48. The van der Waals surface area contributed by atoms with Gasteiger partial charge in [-0.25, -0.2) is 0 Å². The lowest BCUT2D eigenvalue weighted by molar-refractivity contribution is 0.0997. The third-order valence-corrected chi connectivity index (χ3v) is 4.77. The van der Waals surface area contributed by atoms with Crippen molar-refractivity contribution in [2.75, 3.05) is 0 Å². The van der Waals surface area contributed by atoms with Crippen LogP contribution < -0.4 is 0 Å². The molecule has 0 spiro atoms. The number of halogens is 1. The van der Waals surface area contributed by atoms with E-state index in [9.17, 15) is 4.79 Å². The topological polar surface area (TPSA) is 17.1 Å². The Kier molecular flexibility index (Phi) is 3.60. The number of hydrogen-bond donors (Lipinski definition) is 0. The van der Waals surface area contributed by atoms with E-state index in [0.29, 0.717) is 11.4 Å². The van der Waals surface area contributed by atoms with Gasteiger partial charge in [0.1, 0.15) is 0 Å². The average molecular weight is 301 g/mol. The molecule has 0 bridgehead atoms. The highest BCUT2D eigenvalue weighted by atomic mass is 35.5. The van der Waals surface area contributed by atoms with Crippen LogP contribution in [0.5, 0.6) is 0 Å². The van der Waals surface area contributed by atoms with Crippen LogP contribution in [0.2, 0.25) is 5.02 Å². The molecule has 1 nitrogen and oxygen atoms in total. The largest absolute Gasteiger partial charge is 0.293 e. The Bertz CT molecular complexity index is 756. The fraction of sp³-hybridized carbons (Fsp3) is 0.118. The third-order valence-electron chi connectivity index (χ3n) is 3.26. The molecule has 3 aromatic rings. The molecule has 0 saturated heterocycles. The molecule has 0 atom stereocenters. The average Bonchev–Trinajstić information content (AvgIpc) is 2.86. The molecule has 1 heterocycles. The summed E-state index contributed by atoms with van der Waals surface area (Å²) in [6.45, 7) is 1.99. The van der Waals surface area contributed by atoms with Gasteiger partial charge in [0.2, 0.25) is 0 Å². The van der Waals surface area contributed by atoms with E-state index >= 15 is 0 Å². The number of carbonyl (C=O) groups excluding carboxylic acids is 1. The van der Waals surface area contributed by atoms with Gasteiger partial charge in [-0.1, -0.05) is 41.9 Å². The van der Waals surface area contributed by atoms with Gasteiger partial charge in [0.25, 0.3) is 0 Å². The van der Waals surface area contributed by atoms with E-state index in [-0.39, 0.29) is 5.78 Å². The van der Waals surface area contributed by atoms with Crippen molar-refractivity contribution < 1.29 is 4.79 Å². The first kappa shape index (κ1) is 13.3. The van der Waals surface area contributed by atoms with Crippen molar-refractivity contribution in [3.8, 4) is 0 Å². The molecule has 3 rings (SSSR count). The summed E-state index contributed by atoms with van der Waals surface area (Å²) < 4.78 is 1.14. The quantitative estimate of drug-likeness (QED) is 0.601. The van der Waals surface area contributed by atoms with Gasteiger partial charge in [0.15, 0.2) is 5.78 Å². The van der Waals surface area contributed by atoms with E-state index in [1.807, 2.05) is 55.5 Å². The summed E-state index contributed by atoms with van der Waals surface area (Å²) in [4.78, 5) is 13.2. The number of rotatable bonds is 3. The predicted molar refractivity (Wildman–Crippen MR) is 86.0 cm³/mol. The van der Waals surface area contributed by atoms with E-state index < -0.39 is 0 Å². The summed E-state index contributed by atoms with van der Waals surface area (Å²) in [5.74, 6) is 0.122. The summed E-state index contributed by atoms with van der Waals surface area (Å²) in [5.41, 5.74) is 1.99. The summed E-state index contributed by atoms with van der Waals surface area (Å²) in [5, 5.41) is 1.79. The van der Waals surface area contributed by atoms with E-state index in [2.05, 4.69) is 0 Å². The van der Waals surface area contributed by atoms with E-state index in [1.165, 1.54) is 0 Å². The number of hydrogen-bond acceptors (Lipinski definition) is 2. The number of Topliss-reactive ketones (excluding diaryl/α,β-unsaturated/α-hetero) is 1. The zero-order chi connectivity index (χ0) is 14.1. The summed E-state index contributed by atoms with van der Waals surface area (Å²) in [6, 6.07) is 15.8. The van der Waals surface area contributed by atoms with Crippen LogP contribution in [0, 0.1) is 6.92 Å². The van der Waals surface area contributed by atoms with Crippen LogP contribution in [0.15, 0.2) is 48.5 Å². The molecule has 3 heteroatoms. The van der Waals surface area contributed by atoms with Crippen LogP contribution in [0.3, 0.4) is 0 Å². The maximum absolute atomic E-state index is 12.4. The number of benzene rings is 2. The zero-order valence-corrected chi connectivity index (χ0v) is 12.6. The van der Waals surface area contributed by atoms with Crippen molar-refractivity contribution >= 4 is 38.8 Å². The van der Waals surface area contributed by atoms with E-state index in [1.54, 1.807) is 11.3 Å². The van der Waals surface area contributed by atoms with Gasteiger partial charge in [0, 0.05) is 16.1 Å². The molecule has 0 aliphatic rings. The number of ketones is 1. The van der Waals surface area contributed by atoms with E-state index in [0.717, 1.165) is 26.1 Å². The lowest BCUT2D eigenvalue weighted by Crippen LogP contribution is -2.01. The van der Waals surface area contributed by atoms with Gasteiger partial charge in [-0.05, 0) is 41.6 Å². The Balaban J connectivity index is 1.89. The van der Waals surface area contributed by atoms with Crippen molar-refractivity contribution in [1.82, 2.24) is 0 Å². The number of fused-ring (bicyclic) bond motifs is 1. The molecule has 0 fully saturated rings. The second-order valence-corrected chi connectivity index (χ2v) is 6.33. The second-order valence-electron chi connectivity index (χ2n) is 4.84. The van der Waals surface area contributed by atoms with Gasteiger partial charge < -0.3 is 0 Å². The Labute approximate surface area is 126 Å². The van der Waals surface area contributed by atoms with Crippen LogP contribution in [0.4, 0.5) is 0 Å². The molecule has 100 valence electrons.